The molecule has 3 rings (SSSR count). The first-order valence-corrected chi connectivity index (χ1v) is 9.93. The second-order valence-electron chi connectivity index (χ2n) is 6.51. The van der Waals surface area contributed by atoms with Crippen molar-refractivity contribution in [2.24, 2.45) is 0 Å². The predicted molar refractivity (Wildman–Crippen MR) is 114 cm³/mol. The molecule has 0 saturated carbocycles. The molecule has 0 unspecified atom stereocenters. The van der Waals surface area contributed by atoms with E-state index in [0.29, 0.717) is 29.4 Å². The SMILES string of the molecule is CCCn1nc(C(=O)OCC(=O)Nc2ccc(Br)cc2C)c2ccccc2c1=O. The van der Waals surface area contributed by atoms with Crippen molar-refractivity contribution >= 4 is 44.3 Å². The molecule has 1 N–H and O–H groups in total. The zero-order valence-corrected chi connectivity index (χ0v) is 17.7. The highest BCUT2D eigenvalue weighted by Gasteiger charge is 2.19. The smallest absolute Gasteiger partial charge is 0.359 e. The average Bonchev–Trinajstić information content (AvgIpc) is 2.70. The van der Waals surface area contributed by atoms with Crippen LogP contribution >= 0.6 is 15.9 Å². The van der Waals surface area contributed by atoms with Crippen LogP contribution in [0.3, 0.4) is 0 Å². The number of ether oxygens (including phenoxy) is 1. The Morgan fingerprint density at radius 1 is 1.17 bits per heavy atom. The number of nitrogens with zero attached hydrogens (tertiary/aromatic N) is 2. The fourth-order valence-electron chi connectivity index (χ4n) is 2.90. The minimum Gasteiger partial charge on any atom is -0.451 e. The van der Waals surface area contributed by atoms with Crippen molar-refractivity contribution in [1.82, 2.24) is 9.78 Å². The zero-order chi connectivity index (χ0) is 21.0. The highest BCUT2D eigenvalue weighted by molar-refractivity contribution is 9.10. The van der Waals surface area contributed by atoms with Gasteiger partial charge in [0.1, 0.15) is 0 Å². The van der Waals surface area contributed by atoms with Crippen molar-refractivity contribution in [2.75, 3.05) is 11.9 Å². The Hall–Kier alpha value is -3.00. The molecule has 0 fully saturated rings. The fraction of sp³-hybridized carbons (Fsp3) is 0.238. The highest BCUT2D eigenvalue weighted by Crippen LogP contribution is 2.20. The van der Waals surface area contributed by atoms with E-state index >= 15 is 0 Å². The fourth-order valence-corrected chi connectivity index (χ4v) is 3.38. The van der Waals surface area contributed by atoms with Gasteiger partial charge in [-0.1, -0.05) is 41.1 Å². The third-order valence-corrected chi connectivity index (χ3v) is 4.79. The molecule has 150 valence electrons. The minimum absolute atomic E-state index is 0.0151. The molecule has 7 nitrogen and oxygen atoms in total. The van der Waals surface area contributed by atoms with Gasteiger partial charge in [-0.15, -0.1) is 0 Å². The van der Waals surface area contributed by atoms with E-state index in [1.54, 1.807) is 30.3 Å². The van der Waals surface area contributed by atoms with Gasteiger partial charge in [-0.25, -0.2) is 9.48 Å². The number of esters is 1. The quantitative estimate of drug-likeness (QED) is 0.570. The summed E-state index contributed by atoms with van der Waals surface area (Å²) in [6, 6.07) is 12.2. The summed E-state index contributed by atoms with van der Waals surface area (Å²) in [6.45, 7) is 3.69. The van der Waals surface area contributed by atoms with E-state index in [1.807, 2.05) is 26.0 Å². The molecule has 1 aromatic heterocycles. The topological polar surface area (TPSA) is 90.3 Å². The molecule has 1 amide bonds. The number of halogens is 1. The Bertz CT molecular complexity index is 1140. The summed E-state index contributed by atoms with van der Waals surface area (Å²) < 4.78 is 7.33. The molecule has 0 atom stereocenters. The van der Waals surface area contributed by atoms with Gasteiger partial charge in [0.25, 0.3) is 11.5 Å². The van der Waals surface area contributed by atoms with Crippen LogP contribution in [0.4, 0.5) is 5.69 Å². The number of hydrogen-bond donors (Lipinski definition) is 1. The first kappa shape index (κ1) is 20.7. The second kappa shape index (κ2) is 9.00. The summed E-state index contributed by atoms with van der Waals surface area (Å²) in [5.41, 5.74) is 1.26. The summed E-state index contributed by atoms with van der Waals surface area (Å²) in [7, 11) is 0. The molecule has 2 aromatic carbocycles. The van der Waals surface area contributed by atoms with Gasteiger partial charge in [0, 0.05) is 22.1 Å². The molecule has 29 heavy (non-hydrogen) atoms. The lowest BCUT2D eigenvalue weighted by Crippen LogP contribution is -2.27. The zero-order valence-electron chi connectivity index (χ0n) is 16.1. The van der Waals surface area contributed by atoms with Gasteiger partial charge in [0.05, 0.1) is 5.39 Å². The summed E-state index contributed by atoms with van der Waals surface area (Å²) in [6.07, 6.45) is 0.689. The van der Waals surface area contributed by atoms with Gasteiger partial charge in [0.15, 0.2) is 12.3 Å². The van der Waals surface area contributed by atoms with Crippen LogP contribution in [0.1, 0.15) is 29.4 Å². The van der Waals surface area contributed by atoms with E-state index in [1.165, 1.54) is 4.68 Å². The molecule has 0 aliphatic rings. The lowest BCUT2D eigenvalue weighted by molar-refractivity contribution is -0.119. The number of hydrogen-bond acceptors (Lipinski definition) is 5. The lowest BCUT2D eigenvalue weighted by Gasteiger charge is -2.11. The van der Waals surface area contributed by atoms with E-state index in [4.69, 9.17) is 4.74 Å². The van der Waals surface area contributed by atoms with Crippen LogP contribution < -0.4 is 10.9 Å². The van der Waals surface area contributed by atoms with Gasteiger partial charge < -0.3 is 10.1 Å². The van der Waals surface area contributed by atoms with Gasteiger partial charge in [-0.3, -0.25) is 9.59 Å². The minimum atomic E-state index is -0.756. The number of aromatic nitrogens is 2. The molecule has 0 aliphatic carbocycles. The summed E-state index contributed by atoms with van der Waals surface area (Å²) >= 11 is 3.37. The monoisotopic (exact) mass is 457 g/mol. The van der Waals surface area contributed by atoms with Crippen LogP contribution in [0.2, 0.25) is 0 Å². The number of carbonyl (C=O) groups excluding carboxylic acids is 2. The van der Waals surface area contributed by atoms with Crippen LogP contribution in [-0.4, -0.2) is 28.3 Å². The first-order chi connectivity index (χ1) is 13.9. The number of anilines is 1. The summed E-state index contributed by atoms with van der Waals surface area (Å²) in [5.74, 6) is -1.22. The normalized spacial score (nSPS) is 10.7. The average molecular weight is 458 g/mol. The van der Waals surface area contributed by atoms with E-state index in [0.717, 1.165) is 10.0 Å². The Morgan fingerprint density at radius 2 is 1.90 bits per heavy atom. The van der Waals surface area contributed by atoms with Gasteiger partial charge in [0.2, 0.25) is 0 Å². The molecular weight excluding hydrogens is 438 g/mol. The van der Waals surface area contributed by atoms with Crippen molar-refractivity contribution < 1.29 is 14.3 Å². The maximum Gasteiger partial charge on any atom is 0.359 e. The largest absolute Gasteiger partial charge is 0.451 e. The second-order valence-corrected chi connectivity index (χ2v) is 7.42. The molecule has 0 spiro atoms. The number of amides is 1. The van der Waals surface area contributed by atoms with Crippen molar-refractivity contribution in [2.45, 2.75) is 26.8 Å². The van der Waals surface area contributed by atoms with Gasteiger partial charge in [-0.2, -0.15) is 5.10 Å². The molecule has 0 radical (unpaired) electrons. The molecular formula is C21H20BrN3O4. The van der Waals surface area contributed by atoms with Crippen LogP contribution in [0, 0.1) is 6.92 Å². The Morgan fingerprint density at radius 3 is 2.59 bits per heavy atom. The van der Waals surface area contributed by atoms with E-state index in [2.05, 4.69) is 26.3 Å². The van der Waals surface area contributed by atoms with Crippen LogP contribution in [0.15, 0.2) is 51.7 Å². The Balaban J connectivity index is 1.78. The van der Waals surface area contributed by atoms with Crippen LogP contribution in [0.5, 0.6) is 0 Å². The maximum absolute atomic E-state index is 12.6. The third-order valence-electron chi connectivity index (χ3n) is 4.29. The van der Waals surface area contributed by atoms with E-state index < -0.39 is 18.5 Å². The number of nitrogens with one attached hydrogen (secondary N) is 1. The summed E-state index contributed by atoms with van der Waals surface area (Å²) in [5, 5.41) is 7.67. The van der Waals surface area contributed by atoms with Crippen molar-refractivity contribution in [3.63, 3.8) is 0 Å². The van der Waals surface area contributed by atoms with Crippen LogP contribution in [-0.2, 0) is 16.1 Å². The number of benzene rings is 2. The predicted octanol–water partition coefficient (Wildman–Crippen LogP) is 3.67. The molecule has 0 bridgehead atoms. The molecule has 1 heterocycles. The van der Waals surface area contributed by atoms with Gasteiger partial charge in [-0.05, 0) is 43.2 Å². The van der Waals surface area contributed by atoms with E-state index in [-0.39, 0.29) is 11.3 Å². The molecule has 8 heteroatoms. The van der Waals surface area contributed by atoms with Crippen molar-refractivity contribution in [3.05, 3.63) is 68.5 Å². The number of aryl methyl sites for hydroxylation is 2. The first-order valence-electron chi connectivity index (χ1n) is 9.13. The highest BCUT2D eigenvalue weighted by atomic mass is 79.9. The summed E-state index contributed by atoms with van der Waals surface area (Å²) in [4.78, 5) is 37.3. The molecule has 0 aliphatic heterocycles. The standard InChI is InChI=1S/C21H20BrN3O4/c1-3-10-25-20(27)16-7-5-4-6-15(16)19(24-25)21(28)29-12-18(26)23-17-9-8-14(22)11-13(17)2/h4-9,11H,3,10,12H2,1-2H3,(H,23,26). The number of carbonyl (C=O) groups is 2. The molecule has 3 aromatic rings. The third kappa shape index (κ3) is 4.71. The lowest BCUT2D eigenvalue weighted by atomic mass is 10.1. The van der Waals surface area contributed by atoms with Gasteiger partial charge >= 0.3 is 5.97 Å². The number of fused-ring (bicyclic) bond motifs is 1. The van der Waals surface area contributed by atoms with Crippen molar-refractivity contribution in [3.8, 4) is 0 Å². The van der Waals surface area contributed by atoms with Crippen LogP contribution in [0.25, 0.3) is 10.8 Å². The van der Waals surface area contributed by atoms with E-state index in [9.17, 15) is 14.4 Å². The molecule has 0 saturated heterocycles. The Labute approximate surface area is 175 Å². The number of rotatable bonds is 6. The Kier molecular flexibility index (Phi) is 6.43. The maximum atomic E-state index is 12.6. The van der Waals surface area contributed by atoms with Crippen molar-refractivity contribution in [1.29, 1.82) is 0 Å².